The molecule has 0 radical (unpaired) electrons. The molecule has 0 saturated heterocycles. The zero-order valence-electron chi connectivity index (χ0n) is 39.6. The van der Waals surface area contributed by atoms with Crippen molar-refractivity contribution < 1.29 is 73.3 Å². The summed E-state index contributed by atoms with van der Waals surface area (Å²) in [4.78, 5) is 35.7. The molecule has 3 unspecified atom stereocenters. The van der Waals surface area contributed by atoms with E-state index in [9.17, 15) is 54.8 Å². The van der Waals surface area contributed by atoms with Crippen LogP contribution in [0, 0.1) is 0 Å². The Morgan fingerprint density at radius 2 is 1.10 bits per heavy atom. The van der Waals surface area contributed by atoms with E-state index in [4.69, 9.17) is 18.5 Å². The van der Waals surface area contributed by atoms with Gasteiger partial charge in [-0.2, -0.15) is 0 Å². The number of rotatable bonds is 37. The molecule has 15 nitrogen and oxygen atoms in total. The summed E-state index contributed by atoms with van der Waals surface area (Å²) in [7, 11) is -5.20. The predicted molar refractivity (Wildman–Crippen MR) is 260 cm³/mol. The van der Waals surface area contributed by atoms with Gasteiger partial charge >= 0.3 is 19.8 Å². The number of hydrogen-bond acceptors (Lipinski definition) is 14. The standard InChI is InChI=1S/C51H81O15P/c1-3-5-7-8-9-10-11-12-13-14-15-16-17-18-22-25-31-37-44(54)63-39-43(40-64-67(61,62)66-51-49(59)47(57)46(56)48(58)50(51)60)65-45(55)38-32-26-30-36-42(53)35-29-24-21-19-20-23-28-34-41(52)33-27-6-4-2/h6,12-13,15-16,18,20-24,27-30,34-36,41-43,46-53,56-60H,3-5,7-11,14,17,19,25-26,31-33,37-40H2,1-2H3,(H,61,62)/b13-12-,16-15-,22-18-,23-20-,24-21-,27-6-,34-28+,35-29+,36-30-/t41-,42-,43+,46?,47-,48+,49+,50+,51?/m0/s1. The van der Waals surface area contributed by atoms with Crippen LogP contribution in [0.3, 0.4) is 0 Å². The molecule has 1 aliphatic rings. The monoisotopic (exact) mass is 965 g/mol. The zero-order chi connectivity index (χ0) is 49.5. The molecule has 0 heterocycles. The normalized spacial score (nSPS) is 23.1. The van der Waals surface area contributed by atoms with E-state index >= 15 is 0 Å². The molecular formula is C51H81O15P. The van der Waals surface area contributed by atoms with Crippen molar-refractivity contribution >= 4 is 19.8 Å². The van der Waals surface area contributed by atoms with Gasteiger partial charge < -0.3 is 50.1 Å². The number of unbranched alkanes of at least 4 members (excludes halogenated alkanes) is 8. The molecule has 16 heteroatoms. The highest BCUT2D eigenvalue weighted by atomic mass is 31.2. The molecule has 10 atom stereocenters. The quantitative estimate of drug-likeness (QED) is 0.00984. The van der Waals surface area contributed by atoms with Crippen molar-refractivity contribution in [2.75, 3.05) is 13.2 Å². The Morgan fingerprint density at radius 3 is 1.75 bits per heavy atom. The molecule has 1 saturated carbocycles. The lowest BCUT2D eigenvalue weighted by Gasteiger charge is -2.41. The minimum Gasteiger partial charge on any atom is -0.462 e. The summed E-state index contributed by atoms with van der Waals surface area (Å²) < 4.78 is 33.3. The average molecular weight is 965 g/mol. The molecule has 1 aliphatic carbocycles. The van der Waals surface area contributed by atoms with Gasteiger partial charge in [0, 0.05) is 12.8 Å². The van der Waals surface area contributed by atoms with Crippen LogP contribution in [0.4, 0.5) is 0 Å². The lowest BCUT2D eigenvalue weighted by Crippen LogP contribution is -2.64. The Morgan fingerprint density at radius 1 is 0.567 bits per heavy atom. The van der Waals surface area contributed by atoms with E-state index in [2.05, 4.69) is 31.2 Å². The number of hydrogen-bond donors (Lipinski definition) is 8. The molecule has 0 aliphatic heterocycles. The lowest BCUT2D eigenvalue weighted by molar-refractivity contribution is -0.220. The van der Waals surface area contributed by atoms with Gasteiger partial charge in [0.05, 0.1) is 18.8 Å². The Labute approximate surface area is 398 Å². The minimum atomic E-state index is -5.20. The van der Waals surface area contributed by atoms with Crippen LogP contribution in [-0.2, 0) is 32.7 Å². The third kappa shape index (κ3) is 32.0. The number of carbonyl (C=O) groups is 2. The van der Waals surface area contributed by atoms with Gasteiger partial charge in [0.1, 0.15) is 43.2 Å². The van der Waals surface area contributed by atoms with Crippen molar-refractivity contribution in [3.8, 4) is 0 Å². The summed E-state index contributed by atoms with van der Waals surface area (Å²) in [5.74, 6) is -1.36. The minimum absolute atomic E-state index is 0.0454. The lowest BCUT2D eigenvalue weighted by atomic mass is 9.85. The van der Waals surface area contributed by atoms with E-state index in [1.165, 1.54) is 38.5 Å². The average Bonchev–Trinajstić information content (AvgIpc) is 3.30. The highest BCUT2D eigenvalue weighted by molar-refractivity contribution is 7.47. The summed E-state index contributed by atoms with van der Waals surface area (Å²) in [5, 5.41) is 70.3. The number of phosphoric acid groups is 1. The maximum atomic E-state index is 12.8. The van der Waals surface area contributed by atoms with Gasteiger partial charge in [0.25, 0.3) is 0 Å². The molecule has 380 valence electrons. The fourth-order valence-corrected chi connectivity index (χ4v) is 7.37. The van der Waals surface area contributed by atoms with Crippen LogP contribution in [0.1, 0.15) is 129 Å². The van der Waals surface area contributed by atoms with Crippen LogP contribution in [-0.4, -0.2) is 121 Å². The van der Waals surface area contributed by atoms with Crippen LogP contribution in [0.15, 0.2) is 109 Å². The van der Waals surface area contributed by atoms with Gasteiger partial charge in [-0.05, 0) is 70.6 Å². The van der Waals surface area contributed by atoms with Crippen molar-refractivity contribution in [2.24, 2.45) is 0 Å². The van der Waals surface area contributed by atoms with Gasteiger partial charge in [-0.3, -0.25) is 18.6 Å². The molecule has 0 bridgehead atoms. The summed E-state index contributed by atoms with van der Waals surface area (Å²) in [5.41, 5.74) is 0. The molecule has 0 aromatic rings. The third-order valence-corrected chi connectivity index (χ3v) is 11.3. The van der Waals surface area contributed by atoms with Crippen LogP contribution in [0.2, 0.25) is 0 Å². The van der Waals surface area contributed by atoms with Crippen molar-refractivity contribution in [3.63, 3.8) is 0 Å². The Bertz CT molecular complexity index is 1620. The summed E-state index contributed by atoms with van der Waals surface area (Å²) in [6.45, 7) is 2.89. The molecule has 8 N–H and O–H groups in total. The molecule has 0 amide bonds. The fraction of sp³-hybridized carbons (Fsp3) is 0.608. The fourth-order valence-electron chi connectivity index (χ4n) is 6.39. The highest BCUT2D eigenvalue weighted by Gasteiger charge is 2.51. The summed E-state index contributed by atoms with van der Waals surface area (Å²) >= 11 is 0. The van der Waals surface area contributed by atoms with E-state index < -0.39 is 87.9 Å². The van der Waals surface area contributed by atoms with E-state index in [0.717, 1.165) is 25.7 Å². The van der Waals surface area contributed by atoms with Gasteiger partial charge in [-0.25, -0.2) is 4.57 Å². The third-order valence-electron chi connectivity index (χ3n) is 10.3. The van der Waals surface area contributed by atoms with Crippen molar-refractivity contribution in [1.82, 2.24) is 0 Å². The number of esters is 2. The molecule has 0 aromatic carbocycles. The zero-order valence-corrected chi connectivity index (χ0v) is 40.5. The van der Waals surface area contributed by atoms with Crippen molar-refractivity contribution in [1.29, 1.82) is 0 Å². The van der Waals surface area contributed by atoms with E-state index in [0.29, 0.717) is 38.5 Å². The second-order valence-electron chi connectivity index (χ2n) is 16.3. The second-order valence-corrected chi connectivity index (χ2v) is 17.7. The SMILES string of the molecule is CC/C=C\C[C@H](O)/C=C/C=C\C/C=C\C=C\[C@H](O)/C=C\CCCC(=O)O[C@H](COC(=O)CCC/C=C\C/C=C\C/C=C\CCCCCCCC)COP(=O)(O)OC1[C@H](O)[C@H](O)C(O)[C@H](O)[C@H]1O. The number of aliphatic hydroxyl groups excluding tert-OH is 7. The first-order valence-corrected chi connectivity index (χ1v) is 25.4. The van der Waals surface area contributed by atoms with Crippen LogP contribution in [0.5, 0.6) is 0 Å². The smallest absolute Gasteiger partial charge is 0.462 e. The molecule has 1 rings (SSSR count). The highest BCUT2D eigenvalue weighted by Crippen LogP contribution is 2.47. The maximum absolute atomic E-state index is 12.8. The van der Waals surface area contributed by atoms with Crippen LogP contribution >= 0.6 is 7.82 Å². The first-order valence-electron chi connectivity index (χ1n) is 23.9. The Kier molecular flexibility index (Phi) is 36.0. The van der Waals surface area contributed by atoms with Crippen LogP contribution < -0.4 is 0 Å². The topological polar surface area (TPSA) is 250 Å². The first kappa shape index (κ1) is 61.4. The maximum Gasteiger partial charge on any atom is 0.472 e. The van der Waals surface area contributed by atoms with Gasteiger partial charge in [-0.1, -0.05) is 155 Å². The van der Waals surface area contributed by atoms with Gasteiger partial charge in [0.2, 0.25) is 0 Å². The summed E-state index contributed by atoms with van der Waals surface area (Å²) in [6, 6.07) is 0. The molecule has 1 fully saturated rings. The molecule has 0 spiro atoms. The van der Waals surface area contributed by atoms with Crippen molar-refractivity contribution in [2.45, 2.75) is 184 Å². The van der Waals surface area contributed by atoms with Gasteiger partial charge in [-0.15, -0.1) is 0 Å². The van der Waals surface area contributed by atoms with E-state index in [-0.39, 0.29) is 12.8 Å². The number of allylic oxidation sites excluding steroid dienone is 14. The Balaban J connectivity index is 2.61. The van der Waals surface area contributed by atoms with E-state index in [1.807, 2.05) is 49.5 Å². The second kappa shape index (κ2) is 39.3. The van der Waals surface area contributed by atoms with Crippen LogP contribution in [0.25, 0.3) is 0 Å². The predicted octanol–water partition coefficient (Wildman–Crippen LogP) is 7.55. The molecule has 67 heavy (non-hydrogen) atoms. The molecule has 0 aromatic heterocycles. The first-order chi connectivity index (χ1) is 32.2. The van der Waals surface area contributed by atoms with E-state index in [1.54, 1.807) is 42.5 Å². The number of ether oxygens (including phenoxy) is 2. The number of carbonyl (C=O) groups excluding carboxylic acids is 2. The number of phosphoric ester groups is 1. The number of aliphatic hydroxyl groups is 7. The largest absolute Gasteiger partial charge is 0.472 e. The van der Waals surface area contributed by atoms with Crippen molar-refractivity contribution in [3.05, 3.63) is 109 Å². The summed E-state index contributed by atoms with van der Waals surface area (Å²) in [6.07, 6.45) is 33.5. The Hall–Kier alpha value is -3.57. The van der Waals surface area contributed by atoms with Gasteiger partial charge in [0.15, 0.2) is 6.10 Å². The molecular weight excluding hydrogens is 884 g/mol.